The molecule has 158 valence electrons. The van der Waals surface area contributed by atoms with E-state index < -0.39 is 37.0 Å². The minimum absolute atomic E-state index is 0.0107. The van der Waals surface area contributed by atoms with Gasteiger partial charge in [0.25, 0.3) is 11.4 Å². The SMILES string of the molecule is O=C(CNc1ccc([N+](=O)[O-])cc1[N+](=O)[O-])c1cccc(S(=O)(=O)N2CCCC2)c1. The highest BCUT2D eigenvalue weighted by Crippen LogP contribution is 2.29. The average Bonchev–Trinajstić information content (AvgIpc) is 3.27. The lowest BCUT2D eigenvalue weighted by Crippen LogP contribution is -2.28. The van der Waals surface area contributed by atoms with Gasteiger partial charge in [0.15, 0.2) is 5.78 Å². The maximum atomic E-state index is 12.7. The molecule has 3 rings (SSSR count). The molecule has 11 nitrogen and oxygen atoms in total. The zero-order chi connectivity index (χ0) is 21.9. The molecule has 1 fully saturated rings. The van der Waals surface area contributed by atoms with Gasteiger partial charge in [-0.2, -0.15) is 4.31 Å². The van der Waals surface area contributed by atoms with Gasteiger partial charge < -0.3 is 5.32 Å². The monoisotopic (exact) mass is 434 g/mol. The lowest BCUT2D eigenvalue weighted by atomic mass is 10.1. The molecule has 0 amide bonds. The molecular weight excluding hydrogens is 416 g/mol. The van der Waals surface area contributed by atoms with Crippen LogP contribution >= 0.6 is 0 Å². The summed E-state index contributed by atoms with van der Waals surface area (Å²) in [4.78, 5) is 33.0. The molecule has 0 spiro atoms. The summed E-state index contributed by atoms with van der Waals surface area (Å²) in [5, 5.41) is 24.6. The summed E-state index contributed by atoms with van der Waals surface area (Å²) in [6, 6.07) is 8.65. The second kappa shape index (κ2) is 8.55. The van der Waals surface area contributed by atoms with Crippen molar-refractivity contribution in [3.05, 3.63) is 68.3 Å². The molecule has 2 aromatic rings. The molecule has 0 bridgehead atoms. The van der Waals surface area contributed by atoms with Crippen LogP contribution in [0.15, 0.2) is 47.4 Å². The van der Waals surface area contributed by atoms with Gasteiger partial charge in [-0.15, -0.1) is 0 Å². The predicted octanol–water partition coefficient (Wildman–Crippen LogP) is 2.58. The van der Waals surface area contributed by atoms with Gasteiger partial charge in [0.2, 0.25) is 10.0 Å². The number of carbonyl (C=O) groups excluding carboxylic acids is 1. The van der Waals surface area contributed by atoms with E-state index in [0.29, 0.717) is 13.1 Å². The number of hydrogen-bond donors (Lipinski definition) is 1. The van der Waals surface area contributed by atoms with Crippen LogP contribution in [-0.4, -0.2) is 48.0 Å². The van der Waals surface area contributed by atoms with Crippen molar-refractivity contribution in [1.82, 2.24) is 4.31 Å². The van der Waals surface area contributed by atoms with Crippen LogP contribution in [0.3, 0.4) is 0 Å². The van der Waals surface area contributed by atoms with E-state index >= 15 is 0 Å². The first-order valence-corrected chi connectivity index (χ1v) is 10.4. The number of ketones is 1. The maximum absolute atomic E-state index is 12.7. The standard InChI is InChI=1S/C18H18N4O7S/c23-18(12-19-16-7-6-14(21(24)25)11-17(16)22(26)27)13-4-3-5-15(10-13)30(28,29)20-8-1-2-9-20/h3-7,10-11,19H,1-2,8-9,12H2. The fourth-order valence-electron chi connectivity index (χ4n) is 3.12. The van der Waals surface area contributed by atoms with Gasteiger partial charge in [-0.3, -0.25) is 25.0 Å². The quantitative estimate of drug-likeness (QED) is 0.378. The molecule has 1 heterocycles. The van der Waals surface area contributed by atoms with Crippen LogP contribution in [0.5, 0.6) is 0 Å². The Balaban J connectivity index is 1.77. The van der Waals surface area contributed by atoms with Gasteiger partial charge >= 0.3 is 0 Å². The third-order valence-electron chi connectivity index (χ3n) is 4.69. The number of carbonyl (C=O) groups is 1. The van der Waals surface area contributed by atoms with Crippen LogP contribution in [0, 0.1) is 20.2 Å². The molecule has 0 atom stereocenters. The van der Waals surface area contributed by atoms with E-state index in [0.717, 1.165) is 31.0 Å². The Labute approximate surface area is 171 Å². The Kier molecular flexibility index (Phi) is 6.08. The largest absolute Gasteiger partial charge is 0.372 e. The van der Waals surface area contributed by atoms with Crippen molar-refractivity contribution in [3.8, 4) is 0 Å². The second-order valence-corrected chi connectivity index (χ2v) is 8.57. The zero-order valence-electron chi connectivity index (χ0n) is 15.7. The Morgan fingerprint density at radius 3 is 2.37 bits per heavy atom. The number of rotatable bonds is 8. The van der Waals surface area contributed by atoms with Crippen molar-refractivity contribution < 1.29 is 23.1 Å². The van der Waals surface area contributed by atoms with E-state index in [2.05, 4.69) is 5.32 Å². The number of hydrogen-bond acceptors (Lipinski definition) is 8. The number of benzene rings is 2. The Bertz CT molecular complexity index is 1110. The highest BCUT2D eigenvalue weighted by Gasteiger charge is 2.27. The fraction of sp³-hybridized carbons (Fsp3) is 0.278. The Hall–Kier alpha value is -3.38. The molecule has 0 unspecified atom stereocenters. The number of non-ortho nitro benzene ring substituents is 1. The summed E-state index contributed by atoms with van der Waals surface area (Å²) in [5.74, 6) is -0.485. The highest BCUT2D eigenvalue weighted by atomic mass is 32.2. The molecule has 1 aliphatic rings. The summed E-state index contributed by atoms with van der Waals surface area (Å²) >= 11 is 0. The van der Waals surface area contributed by atoms with Crippen LogP contribution in [0.25, 0.3) is 0 Å². The Morgan fingerprint density at radius 1 is 1.03 bits per heavy atom. The topological polar surface area (TPSA) is 153 Å². The first-order chi connectivity index (χ1) is 14.2. The van der Waals surface area contributed by atoms with Crippen LogP contribution < -0.4 is 5.32 Å². The molecule has 30 heavy (non-hydrogen) atoms. The van der Waals surface area contributed by atoms with Gasteiger partial charge in [0.1, 0.15) is 5.69 Å². The summed E-state index contributed by atoms with van der Waals surface area (Å²) in [6.45, 7) is 0.517. The van der Waals surface area contributed by atoms with E-state index in [1.165, 1.54) is 28.6 Å². The normalized spacial score (nSPS) is 14.4. The van der Waals surface area contributed by atoms with Gasteiger partial charge in [-0.25, -0.2) is 8.42 Å². The second-order valence-electron chi connectivity index (χ2n) is 6.63. The summed E-state index contributed by atoms with van der Waals surface area (Å²) in [7, 11) is -3.69. The first-order valence-electron chi connectivity index (χ1n) is 9.00. The zero-order valence-corrected chi connectivity index (χ0v) is 16.5. The third-order valence-corrected chi connectivity index (χ3v) is 6.58. The van der Waals surface area contributed by atoms with Crippen LogP contribution in [0.2, 0.25) is 0 Å². The van der Waals surface area contributed by atoms with E-state index in [4.69, 9.17) is 0 Å². The summed E-state index contributed by atoms with van der Waals surface area (Å²) in [5.41, 5.74) is -0.909. The minimum Gasteiger partial charge on any atom is -0.372 e. The van der Waals surface area contributed by atoms with Gasteiger partial charge in [0, 0.05) is 24.7 Å². The van der Waals surface area contributed by atoms with Crippen molar-refractivity contribution >= 4 is 32.9 Å². The lowest BCUT2D eigenvalue weighted by Gasteiger charge is -2.16. The van der Waals surface area contributed by atoms with Gasteiger partial charge in [0.05, 0.1) is 27.4 Å². The van der Waals surface area contributed by atoms with Crippen molar-refractivity contribution in [2.24, 2.45) is 0 Å². The van der Waals surface area contributed by atoms with Crippen LogP contribution in [0.4, 0.5) is 17.1 Å². The van der Waals surface area contributed by atoms with Gasteiger partial charge in [-0.1, -0.05) is 12.1 Å². The smallest absolute Gasteiger partial charge is 0.299 e. The van der Waals surface area contributed by atoms with Crippen LogP contribution in [-0.2, 0) is 10.0 Å². The van der Waals surface area contributed by atoms with E-state index in [9.17, 15) is 33.4 Å². The van der Waals surface area contributed by atoms with Crippen molar-refractivity contribution in [2.45, 2.75) is 17.7 Å². The molecule has 1 N–H and O–H groups in total. The molecule has 1 saturated heterocycles. The number of sulfonamides is 1. The highest BCUT2D eigenvalue weighted by molar-refractivity contribution is 7.89. The van der Waals surface area contributed by atoms with Crippen molar-refractivity contribution in [1.29, 1.82) is 0 Å². The van der Waals surface area contributed by atoms with Crippen molar-refractivity contribution in [3.63, 3.8) is 0 Å². The number of nitro benzene ring substituents is 2. The number of anilines is 1. The van der Waals surface area contributed by atoms with E-state index in [1.54, 1.807) is 0 Å². The fourth-order valence-corrected chi connectivity index (χ4v) is 4.68. The van der Waals surface area contributed by atoms with E-state index in [-0.39, 0.29) is 22.7 Å². The maximum Gasteiger partial charge on any atom is 0.299 e. The number of Topliss-reactive ketones (excluding diaryl/α,β-unsaturated/α-hetero) is 1. The third kappa shape index (κ3) is 4.44. The number of nitro groups is 2. The minimum atomic E-state index is -3.69. The molecule has 0 saturated carbocycles. The molecule has 12 heteroatoms. The average molecular weight is 434 g/mol. The lowest BCUT2D eigenvalue weighted by molar-refractivity contribution is -0.393. The molecule has 0 aromatic heterocycles. The molecule has 1 aliphatic heterocycles. The summed E-state index contributed by atoms with van der Waals surface area (Å²) in [6.07, 6.45) is 1.57. The van der Waals surface area contributed by atoms with E-state index in [1.807, 2.05) is 0 Å². The number of nitrogens with one attached hydrogen (secondary N) is 1. The molecule has 0 aliphatic carbocycles. The predicted molar refractivity (Wildman–Crippen MR) is 107 cm³/mol. The van der Waals surface area contributed by atoms with Crippen LogP contribution in [0.1, 0.15) is 23.2 Å². The number of nitrogens with zero attached hydrogens (tertiary/aromatic N) is 3. The Morgan fingerprint density at radius 2 is 1.73 bits per heavy atom. The van der Waals surface area contributed by atoms with Crippen molar-refractivity contribution in [2.75, 3.05) is 25.0 Å². The summed E-state index contributed by atoms with van der Waals surface area (Å²) < 4.78 is 26.7. The molecule has 0 radical (unpaired) electrons. The molecule has 2 aromatic carbocycles. The first kappa shape index (κ1) is 21.3. The van der Waals surface area contributed by atoms with Gasteiger partial charge in [-0.05, 0) is 31.0 Å². The molecular formula is C18H18N4O7S.